The van der Waals surface area contributed by atoms with Crippen molar-refractivity contribution in [2.75, 3.05) is 0 Å². The minimum Gasteiger partial charge on any atom is -0.350 e. The summed E-state index contributed by atoms with van der Waals surface area (Å²) >= 11 is 0. The van der Waals surface area contributed by atoms with Gasteiger partial charge in [-0.05, 0) is 43.2 Å². The topological polar surface area (TPSA) is 17.3 Å². The van der Waals surface area contributed by atoms with E-state index in [1.54, 1.807) is 0 Å². The highest BCUT2D eigenvalue weighted by Gasteiger charge is 2.03. The quantitative estimate of drug-likeness (QED) is 0.603. The van der Waals surface area contributed by atoms with E-state index >= 15 is 0 Å². The second-order valence-electron chi connectivity index (χ2n) is 5.24. The molecule has 0 aliphatic carbocycles. The van der Waals surface area contributed by atoms with Crippen molar-refractivity contribution in [1.29, 1.82) is 0 Å². The molecule has 0 N–H and O–H groups in total. The molecule has 100 valence electrons. The first-order valence-corrected chi connectivity index (χ1v) is 6.80. The van der Waals surface area contributed by atoms with Gasteiger partial charge in [0, 0.05) is 35.9 Å². The Hall–Kier alpha value is -2.35. The van der Waals surface area contributed by atoms with E-state index in [9.17, 15) is 0 Å². The van der Waals surface area contributed by atoms with Gasteiger partial charge in [-0.25, -0.2) is 0 Å². The zero-order chi connectivity index (χ0) is 14.1. The van der Waals surface area contributed by atoms with Gasteiger partial charge in [-0.2, -0.15) is 0 Å². The van der Waals surface area contributed by atoms with Crippen molar-refractivity contribution in [2.45, 2.75) is 13.8 Å². The average molecular weight is 262 g/mol. The normalized spacial score (nSPS) is 11.6. The molecule has 1 aromatic heterocycles. The number of nitrogens with zero attached hydrogens (tertiary/aromatic N) is 2. The monoisotopic (exact) mass is 262 g/mol. The van der Waals surface area contributed by atoms with Crippen molar-refractivity contribution in [3.63, 3.8) is 0 Å². The van der Waals surface area contributed by atoms with E-state index in [0.29, 0.717) is 0 Å². The van der Waals surface area contributed by atoms with Crippen LogP contribution in [0.15, 0.2) is 53.7 Å². The summed E-state index contributed by atoms with van der Waals surface area (Å²) in [5.74, 6) is 0. The molecule has 0 saturated heterocycles. The maximum atomic E-state index is 4.60. The third kappa shape index (κ3) is 2.25. The van der Waals surface area contributed by atoms with Crippen molar-refractivity contribution >= 4 is 22.8 Å². The Bertz CT molecular complexity index is 794. The van der Waals surface area contributed by atoms with Crippen LogP contribution in [0.3, 0.4) is 0 Å². The smallest absolute Gasteiger partial charge is 0.0632 e. The Balaban J connectivity index is 2.00. The Morgan fingerprint density at radius 3 is 2.60 bits per heavy atom. The van der Waals surface area contributed by atoms with Gasteiger partial charge < -0.3 is 4.57 Å². The summed E-state index contributed by atoms with van der Waals surface area (Å²) in [5, 5.41) is 1.24. The molecule has 2 nitrogen and oxygen atoms in total. The van der Waals surface area contributed by atoms with E-state index in [1.165, 1.54) is 22.0 Å². The molecule has 3 rings (SSSR count). The molecule has 2 aromatic carbocycles. The predicted molar refractivity (Wildman–Crippen MR) is 86.1 cm³/mol. The van der Waals surface area contributed by atoms with Crippen molar-refractivity contribution in [3.8, 4) is 0 Å². The zero-order valence-corrected chi connectivity index (χ0v) is 12.1. The fourth-order valence-electron chi connectivity index (χ4n) is 2.43. The van der Waals surface area contributed by atoms with Crippen LogP contribution in [-0.4, -0.2) is 10.8 Å². The van der Waals surface area contributed by atoms with Crippen LogP contribution in [0.25, 0.3) is 10.9 Å². The third-order valence-corrected chi connectivity index (χ3v) is 3.77. The minimum absolute atomic E-state index is 1.00. The van der Waals surface area contributed by atoms with Gasteiger partial charge in [0.1, 0.15) is 0 Å². The Kier molecular flexibility index (Phi) is 3.15. The summed E-state index contributed by atoms with van der Waals surface area (Å²) in [6.07, 6.45) is 4.07. The van der Waals surface area contributed by atoms with Crippen molar-refractivity contribution in [1.82, 2.24) is 4.57 Å². The lowest BCUT2D eigenvalue weighted by Crippen LogP contribution is -1.82. The molecule has 0 aliphatic heterocycles. The standard InChI is InChI=1S/C18H18N2/c1-13-8-9-16(10-14(13)2)19-11-15-12-20(3)18-7-5-4-6-17(15)18/h4-12H,1-3H3. The van der Waals surface area contributed by atoms with Gasteiger partial charge in [0.15, 0.2) is 0 Å². The lowest BCUT2D eigenvalue weighted by molar-refractivity contribution is 0.968. The van der Waals surface area contributed by atoms with Crippen LogP contribution in [0.4, 0.5) is 5.69 Å². The van der Waals surface area contributed by atoms with E-state index in [0.717, 1.165) is 11.3 Å². The minimum atomic E-state index is 1.00. The summed E-state index contributed by atoms with van der Waals surface area (Å²) in [5.41, 5.74) is 5.96. The van der Waals surface area contributed by atoms with Crippen LogP contribution in [0.1, 0.15) is 16.7 Å². The number of aryl methyl sites for hydroxylation is 3. The molecular formula is C18H18N2. The fraction of sp³-hybridized carbons (Fsp3) is 0.167. The molecule has 2 heteroatoms. The maximum absolute atomic E-state index is 4.60. The molecule has 0 atom stereocenters. The molecule has 0 saturated carbocycles. The van der Waals surface area contributed by atoms with E-state index in [-0.39, 0.29) is 0 Å². The highest BCUT2D eigenvalue weighted by atomic mass is 14.9. The van der Waals surface area contributed by atoms with Gasteiger partial charge in [0.05, 0.1) is 5.69 Å². The second kappa shape index (κ2) is 4.97. The number of aromatic nitrogens is 1. The molecular weight excluding hydrogens is 244 g/mol. The highest BCUT2D eigenvalue weighted by molar-refractivity contribution is 6.00. The van der Waals surface area contributed by atoms with Gasteiger partial charge in [-0.3, -0.25) is 4.99 Å². The molecule has 0 bridgehead atoms. The predicted octanol–water partition coefficient (Wildman–Crippen LogP) is 4.55. The molecule has 0 fully saturated rings. The van der Waals surface area contributed by atoms with Crippen LogP contribution >= 0.6 is 0 Å². The second-order valence-corrected chi connectivity index (χ2v) is 5.24. The fourth-order valence-corrected chi connectivity index (χ4v) is 2.43. The first-order chi connectivity index (χ1) is 9.65. The van der Waals surface area contributed by atoms with E-state index in [2.05, 4.69) is 79.1 Å². The average Bonchev–Trinajstić information content (AvgIpc) is 2.78. The Morgan fingerprint density at radius 2 is 1.80 bits per heavy atom. The number of fused-ring (bicyclic) bond motifs is 1. The Morgan fingerprint density at radius 1 is 1.00 bits per heavy atom. The number of para-hydroxylation sites is 1. The number of benzene rings is 2. The van der Waals surface area contributed by atoms with Gasteiger partial charge >= 0.3 is 0 Å². The number of hydrogen-bond acceptors (Lipinski definition) is 1. The summed E-state index contributed by atoms with van der Waals surface area (Å²) in [6.45, 7) is 4.24. The SMILES string of the molecule is Cc1ccc(N=Cc2cn(C)c3ccccc23)cc1C. The van der Waals surface area contributed by atoms with E-state index in [1.807, 2.05) is 6.21 Å². The van der Waals surface area contributed by atoms with Gasteiger partial charge in [0.2, 0.25) is 0 Å². The molecule has 3 aromatic rings. The maximum Gasteiger partial charge on any atom is 0.0632 e. The van der Waals surface area contributed by atoms with Crippen molar-refractivity contribution in [3.05, 3.63) is 65.4 Å². The zero-order valence-electron chi connectivity index (χ0n) is 12.1. The number of rotatable bonds is 2. The molecule has 0 spiro atoms. The number of aliphatic imine (C=N–C) groups is 1. The number of hydrogen-bond donors (Lipinski definition) is 0. The van der Waals surface area contributed by atoms with Crippen LogP contribution in [0.2, 0.25) is 0 Å². The summed E-state index contributed by atoms with van der Waals surface area (Å²) in [7, 11) is 2.07. The van der Waals surface area contributed by atoms with Crippen molar-refractivity contribution in [2.24, 2.45) is 12.0 Å². The molecule has 0 radical (unpaired) electrons. The van der Waals surface area contributed by atoms with Crippen LogP contribution in [0.5, 0.6) is 0 Å². The first-order valence-electron chi connectivity index (χ1n) is 6.80. The Labute approximate surface area is 119 Å². The molecule has 0 amide bonds. The lowest BCUT2D eigenvalue weighted by Gasteiger charge is -2.00. The molecule has 0 aliphatic rings. The summed E-state index contributed by atoms with van der Waals surface area (Å²) in [6, 6.07) is 14.7. The molecule has 1 heterocycles. The molecule has 0 unspecified atom stereocenters. The van der Waals surface area contributed by atoms with E-state index in [4.69, 9.17) is 0 Å². The van der Waals surface area contributed by atoms with Gasteiger partial charge in [0.25, 0.3) is 0 Å². The lowest BCUT2D eigenvalue weighted by atomic mass is 10.1. The van der Waals surface area contributed by atoms with Crippen LogP contribution in [-0.2, 0) is 7.05 Å². The van der Waals surface area contributed by atoms with Gasteiger partial charge in [-0.15, -0.1) is 0 Å². The third-order valence-electron chi connectivity index (χ3n) is 3.77. The van der Waals surface area contributed by atoms with E-state index < -0.39 is 0 Å². The first kappa shape index (κ1) is 12.7. The highest BCUT2D eigenvalue weighted by Crippen LogP contribution is 2.21. The summed E-state index contributed by atoms with van der Waals surface area (Å²) < 4.78 is 2.14. The largest absolute Gasteiger partial charge is 0.350 e. The van der Waals surface area contributed by atoms with Crippen LogP contribution < -0.4 is 0 Å². The molecule has 20 heavy (non-hydrogen) atoms. The summed E-state index contributed by atoms with van der Waals surface area (Å²) in [4.78, 5) is 4.60. The van der Waals surface area contributed by atoms with Crippen LogP contribution in [0, 0.1) is 13.8 Å². The van der Waals surface area contributed by atoms with Crippen molar-refractivity contribution < 1.29 is 0 Å². The van der Waals surface area contributed by atoms with Gasteiger partial charge in [-0.1, -0.05) is 24.3 Å².